The zero-order chi connectivity index (χ0) is 8.97. The van der Waals surface area contributed by atoms with E-state index < -0.39 is 0 Å². The van der Waals surface area contributed by atoms with Crippen LogP contribution in [0.15, 0.2) is 6.20 Å². The summed E-state index contributed by atoms with van der Waals surface area (Å²) in [6.07, 6.45) is 2.68. The molecule has 0 radical (unpaired) electrons. The van der Waals surface area contributed by atoms with Gasteiger partial charge in [0.2, 0.25) is 0 Å². The van der Waals surface area contributed by atoms with Crippen molar-refractivity contribution in [3.63, 3.8) is 0 Å². The van der Waals surface area contributed by atoms with E-state index in [4.69, 9.17) is 10.5 Å². The van der Waals surface area contributed by atoms with Gasteiger partial charge in [-0.15, -0.1) is 0 Å². The van der Waals surface area contributed by atoms with Crippen molar-refractivity contribution >= 4 is 16.3 Å². The average molecular weight is 186 g/mol. The summed E-state index contributed by atoms with van der Waals surface area (Å²) >= 11 is 1.38. The number of thiazole rings is 1. The average Bonchev–Trinajstić information content (AvgIpc) is 2.35. The van der Waals surface area contributed by atoms with E-state index in [2.05, 4.69) is 18.8 Å². The fourth-order valence-corrected chi connectivity index (χ4v) is 1.27. The number of ether oxygens (including phenoxy) is 1. The lowest BCUT2D eigenvalue weighted by molar-refractivity contribution is 0.288. The van der Waals surface area contributed by atoms with Crippen LogP contribution in [0.25, 0.3) is 0 Å². The molecule has 0 saturated heterocycles. The van der Waals surface area contributed by atoms with Crippen molar-refractivity contribution in [1.29, 1.82) is 0 Å². The van der Waals surface area contributed by atoms with Crippen LogP contribution < -0.4 is 10.5 Å². The summed E-state index contributed by atoms with van der Waals surface area (Å²) in [5.41, 5.74) is 5.49. The van der Waals surface area contributed by atoms with E-state index >= 15 is 0 Å². The van der Waals surface area contributed by atoms with Gasteiger partial charge >= 0.3 is 0 Å². The first kappa shape index (κ1) is 9.32. The Morgan fingerprint density at radius 3 is 2.92 bits per heavy atom. The predicted octanol–water partition coefficient (Wildman–Crippen LogP) is 2.15. The summed E-state index contributed by atoms with van der Waals surface area (Å²) in [4.78, 5) is 3.98. The molecule has 0 aliphatic carbocycles. The van der Waals surface area contributed by atoms with Gasteiger partial charge in [-0.3, -0.25) is 0 Å². The molecule has 1 heterocycles. The van der Waals surface area contributed by atoms with E-state index in [0.717, 1.165) is 13.0 Å². The first-order valence-electron chi connectivity index (χ1n) is 4.02. The summed E-state index contributed by atoms with van der Waals surface area (Å²) in [5, 5.41) is 1.38. The molecule has 0 unspecified atom stereocenters. The Labute approximate surface area is 76.6 Å². The van der Waals surface area contributed by atoms with E-state index in [9.17, 15) is 0 Å². The molecule has 1 rings (SSSR count). The maximum Gasteiger partial charge on any atom is 0.275 e. The molecule has 3 nitrogen and oxygen atoms in total. The topological polar surface area (TPSA) is 48.1 Å². The summed E-state index contributed by atoms with van der Waals surface area (Å²) in [7, 11) is 0. The number of nitrogens with zero attached hydrogens (tertiary/aromatic N) is 1. The predicted molar refractivity (Wildman–Crippen MR) is 51.5 cm³/mol. The van der Waals surface area contributed by atoms with Crippen molar-refractivity contribution in [2.75, 3.05) is 12.3 Å². The van der Waals surface area contributed by atoms with Gasteiger partial charge in [-0.25, -0.2) is 4.98 Å². The van der Waals surface area contributed by atoms with Gasteiger partial charge in [-0.05, 0) is 12.3 Å². The molecule has 0 aromatic carbocycles. The van der Waals surface area contributed by atoms with Crippen molar-refractivity contribution in [2.45, 2.75) is 20.3 Å². The molecule has 0 bridgehead atoms. The SMILES string of the molecule is CC(C)CCOc1ncc(N)s1. The van der Waals surface area contributed by atoms with Crippen molar-refractivity contribution in [1.82, 2.24) is 4.98 Å². The lowest BCUT2D eigenvalue weighted by Crippen LogP contribution is -2.00. The first-order chi connectivity index (χ1) is 5.68. The highest BCUT2D eigenvalue weighted by atomic mass is 32.1. The Morgan fingerprint density at radius 1 is 1.67 bits per heavy atom. The number of nitrogen functional groups attached to an aromatic ring is 1. The van der Waals surface area contributed by atoms with Crippen molar-refractivity contribution in [3.8, 4) is 5.19 Å². The number of hydrogen-bond acceptors (Lipinski definition) is 4. The second kappa shape index (κ2) is 4.30. The smallest absolute Gasteiger partial charge is 0.275 e. The molecule has 2 N–H and O–H groups in total. The van der Waals surface area contributed by atoms with Gasteiger partial charge in [0.15, 0.2) is 0 Å². The minimum atomic E-state index is 0.669. The summed E-state index contributed by atoms with van der Waals surface area (Å²) in [6.45, 7) is 5.06. The lowest BCUT2D eigenvalue weighted by atomic mass is 10.1. The quantitative estimate of drug-likeness (QED) is 0.783. The van der Waals surface area contributed by atoms with Crippen LogP contribution in [-0.4, -0.2) is 11.6 Å². The van der Waals surface area contributed by atoms with Gasteiger partial charge in [-0.1, -0.05) is 25.2 Å². The van der Waals surface area contributed by atoms with Crippen molar-refractivity contribution < 1.29 is 4.74 Å². The molecule has 0 atom stereocenters. The molecule has 1 aromatic rings. The van der Waals surface area contributed by atoms with E-state index in [1.54, 1.807) is 6.20 Å². The molecule has 68 valence electrons. The Morgan fingerprint density at radius 2 is 2.42 bits per heavy atom. The Hall–Kier alpha value is -0.770. The Kier molecular flexibility index (Phi) is 3.34. The monoisotopic (exact) mass is 186 g/mol. The zero-order valence-corrected chi connectivity index (χ0v) is 8.23. The van der Waals surface area contributed by atoms with Crippen LogP contribution in [0.3, 0.4) is 0 Å². The summed E-state index contributed by atoms with van der Waals surface area (Å²) in [5.74, 6) is 0.669. The molecule has 1 aromatic heterocycles. The number of nitrogens with two attached hydrogens (primary N) is 1. The van der Waals surface area contributed by atoms with Crippen LogP contribution in [0.1, 0.15) is 20.3 Å². The Bertz CT molecular complexity index is 235. The second-order valence-corrected chi connectivity index (χ2v) is 4.08. The number of hydrogen-bond donors (Lipinski definition) is 1. The van der Waals surface area contributed by atoms with Gasteiger partial charge in [0, 0.05) is 0 Å². The van der Waals surface area contributed by atoms with E-state index in [1.165, 1.54) is 11.3 Å². The molecule has 0 saturated carbocycles. The fourth-order valence-electron chi connectivity index (χ4n) is 0.719. The normalized spacial score (nSPS) is 10.6. The van der Waals surface area contributed by atoms with E-state index in [1.807, 2.05) is 0 Å². The van der Waals surface area contributed by atoms with Crippen LogP contribution in [0, 0.1) is 5.92 Å². The standard InChI is InChI=1S/C8H14N2OS/c1-6(2)3-4-11-8-10-5-7(9)12-8/h5-6H,3-4,9H2,1-2H3. The number of rotatable bonds is 4. The molecule has 0 aliphatic rings. The Balaban J connectivity index is 2.24. The van der Waals surface area contributed by atoms with E-state index in [0.29, 0.717) is 16.1 Å². The van der Waals surface area contributed by atoms with Gasteiger partial charge in [-0.2, -0.15) is 0 Å². The minimum Gasteiger partial charge on any atom is -0.470 e. The molecule has 0 spiro atoms. The van der Waals surface area contributed by atoms with Crippen LogP contribution >= 0.6 is 11.3 Å². The molecule has 12 heavy (non-hydrogen) atoms. The third-order valence-electron chi connectivity index (χ3n) is 1.42. The number of anilines is 1. The van der Waals surface area contributed by atoms with Crippen molar-refractivity contribution in [2.24, 2.45) is 5.92 Å². The van der Waals surface area contributed by atoms with Gasteiger partial charge in [0.05, 0.1) is 12.8 Å². The summed E-state index contributed by atoms with van der Waals surface area (Å²) in [6, 6.07) is 0. The molecular formula is C8H14N2OS. The van der Waals surface area contributed by atoms with Crippen molar-refractivity contribution in [3.05, 3.63) is 6.20 Å². The highest BCUT2D eigenvalue weighted by Gasteiger charge is 2.00. The highest BCUT2D eigenvalue weighted by Crippen LogP contribution is 2.22. The maximum atomic E-state index is 5.49. The van der Waals surface area contributed by atoms with Crippen LogP contribution in [0.4, 0.5) is 5.00 Å². The lowest BCUT2D eigenvalue weighted by Gasteiger charge is -2.03. The summed E-state index contributed by atoms with van der Waals surface area (Å²) < 4.78 is 5.37. The zero-order valence-electron chi connectivity index (χ0n) is 7.41. The highest BCUT2D eigenvalue weighted by molar-refractivity contribution is 7.17. The largest absolute Gasteiger partial charge is 0.470 e. The fraction of sp³-hybridized carbons (Fsp3) is 0.625. The molecule has 0 amide bonds. The number of aromatic nitrogens is 1. The van der Waals surface area contributed by atoms with Crippen LogP contribution in [0.2, 0.25) is 0 Å². The van der Waals surface area contributed by atoms with Crippen LogP contribution in [0.5, 0.6) is 5.19 Å². The first-order valence-corrected chi connectivity index (χ1v) is 4.84. The van der Waals surface area contributed by atoms with Gasteiger partial charge in [0.1, 0.15) is 5.00 Å². The van der Waals surface area contributed by atoms with Crippen LogP contribution in [-0.2, 0) is 0 Å². The van der Waals surface area contributed by atoms with Gasteiger partial charge in [0.25, 0.3) is 5.19 Å². The van der Waals surface area contributed by atoms with Gasteiger partial charge < -0.3 is 10.5 Å². The third kappa shape index (κ3) is 3.09. The van der Waals surface area contributed by atoms with E-state index in [-0.39, 0.29) is 0 Å². The molecule has 0 aliphatic heterocycles. The third-order valence-corrected chi connectivity index (χ3v) is 2.16. The molecule has 0 fully saturated rings. The molecular weight excluding hydrogens is 172 g/mol. The molecule has 4 heteroatoms. The maximum absolute atomic E-state index is 5.49. The second-order valence-electron chi connectivity index (χ2n) is 3.06. The minimum absolute atomic E-state index is 0.669.